The van der Waals surface area contributed by atoms with Crippen LogP contribution in [0.5, 0.6) is 11.8 Å². The maximum Gasteiger partial charge on any atom is 0.218 e. The Morgan fingerprint density at radius 2 is 1.78 bits per heavy atom. The van der Waals surface area contributed by atoms with Crippen LogP contribution in [0, 0.1) is 0 Å². The molecule has 0 aromatic carbocycles. The van der Waals surface area contributed by atoms with E-state index in [1.807, 2.05) is 0 Å². The maximum absolute atomic E-state index is 12.6. The third-order valence-electron chi connectivity index (χ3n) is 4.96. The van der Waals surface area contributed by atoms with Crippen molar-refractivity contribution in [3.63, 3.8) is 0 Å². The molecule has 1 saturated carbocycles. The third-order valence-corrected chi connectivity index (χ3v) is 4.96. The lowest BCUT2D eigenvalue weighted by atomic mass is 9.64. The smallest absolute Gasteiger partial charge is 0.218 e. The van der Waals surface area contributed by atoms with Crippen LogP contribution in [0.3, 0.4) is 0 Å². The van der Waals surface area contributed by atoms with Gasteiger partial charge in [0.2, 0.25) is 11.8 Å². The highest BCUT2D eigenvalue weighted by Crippen LogP contribution is 2.47. The Bertz CT molecular complexity index is 765. The molecule has 2 aromatic rings. The summed E-state index contributed by atoms with van der Waals surface area (Å²) in [7, 11) is 0. The Kier molecular flexibility index (Phi) is 3.11. The number of hydrogen-bond donors (Lipinski definition) is 2. The number of carbonyl (C=O) groups excluding carboxylic acids is 1. The normalized spacial score (nSPS) is 23.9. The summed E-state index contributed by atoms with van der Waals surface area (Å²) < 4.78 is 5.57. The number of rotatable bonds is 1. The molecule has 7 nitrogen and oxygen atoms in total. The summed E-state index contributed by atoms with van der Waals surface area (Å²) in [5.41, 5.74) is 0.677. The van der Waals surface area contributed by atoms with E-state index >= 15 is 0 Å². The molecule has 0 radical (unpaired) electrons. The molecule has 2 aromatic heterocycles. The van der Waals surface area contributed by atoms with Gasteiger partial charge in [0, 0.05) is 12.0 Å². The summed E-state index contributed by atoms with van der Waals surface area (Å²) in [4.78, 5) is 20.4. The number of aromatic hydroxyl groups is 2. The van der Waals surface area contributed by atoms with Crippen LogP contribution in [0.25, 0.3) is 11.5 Å². The zero-order valence-corrected chi connectivity index (χ0v) is 12.6. The summed E-state index contributed by atoms with van der Waals surface area (Å²) in [6.45, 7) is 0. The van der Waals surface area contributed by atoms with Crippen molar-refractivity contribution >= 4 is 5.78 Å². The highest BCUT2D eigenvalue weighted by molar-refractivity contribution is 5.91. The second-order valence-corrected chi connectivity index (χ2v) is 6.31. The molecule has 0 aliphatic heterocycles. The molecule has 120 valence electrons. The number of aromatic nitrogens is 3. The van der Waals surface area contributed by atoms with Crippen LogP contribution in [0.15, 0.2) is 10.6 Å². The summed E-state index contributed by atoms with van der Waals surface area (Å²) in [6.07, 6.45) is 5.70. The van der Waals surface area contributed by atoms with E-state index < -0.39 is 5.41 Å². The predicted molar refractivity (Wildman–Crippen MR) is 78.9 cm³/mol. The zero-order chi connectivity index (χ0) is 16.0. The van der Waals surface area contributed by atoms with Crippen LogP contribution < -0.4 is 0 Å². The van der Waals surface area contributed by atoms with Crippen molar-refractivity contribution < 1.29 is 19.5 Å². The number of ketones is 1. The van der Waals surface area contributed by atoms with E-state index in [2.05, 4.69) is 15.1 Å². The minimum atomic E-state index is -0.560. The topological polar surface area (TPSA) is 109 Å². The maximum atomic E-state index is 12.6. The van der Waals surface area contributed by atoms with Gasteiger partial charge in [0.25, 0.3) is 0 Å². The van der Waals surface area contributed by atoms with Crippen molar-refractivity contribution in [3.05, 3.63) is 17.4 Å². The Balaban J connectivity index is 1.84. The van der Waals surface area contributed by atoms with E-state index in [1.165, 1.54) is 0 Å². The highest BCUT2D eigenvalue weighted by Gasteiger charge is 2.48. The molecule has 2 aliphatic carbocycles. The summed E-state index contributed by atoms with van der Waals surface area (Å²) in [5.74, 6) is 0.321. The number of Topliss-reactive ketones (excluding diaryl/α,β-unsaturated/α-hetero) is 1. The van der Waals surface area contributed by atoms with Crippen LogP contribution in [0.1, 0.15) is 49.8 Å². The van der Waals surface area contributed by atoms with Crippen molar-refractivity contribution in [3.8, 4) is 23.3 Å². The average Bonchev–Trinajstić information content (AvgIpc) is 2.95. The fourth-order valence-corrected chi connectivity index (χ4v) is 3.90. The van der Waals surface area contributed by atoms with Crippen molar-refractivity contribution in [1.82, 2.24) is 15.1 Å². The van der Waals surface area contributed by atoms with E-state index in [0.717, 1.165) is 50.2 Å². The van der Waals surface area contributed by atoms with E-state index in [4.69, 9.17) is 4.52 Å². The third kappa shape index (κ3) is 2.10. The number of nitrogens with zero attached hydrogens (tertiary/aromatic N) is 3. The average molecular weight is 315 g/mol. The van der Waals surface area contributed by atoms with Gasteiger partial charge in [-0.1, -0.05) is 11.6 Å². The SMILES string of the molecule is O=C1CCCCC12CCCc1c(-c3nc(O)cc(O)n3)noc12. The lowest BCUT2D eigenvalue weighted by Crippen LogP contribution is -2.41. The summed E-state index contributed by atoms with van der Waals surface area (Å²) in [5, 5.41) is 23.2. The Hall–Kier alpha value is -2.44. The monoisotopic (exact) mass is 315 g/mol. The zero-order valence-electron chi connectivity index (χ0n) is 12.6. The summed E-state index contributed by atoms with van der Waals surface area (Å²) >= 11 is 0. The molecule has 1 spiro atoms. The van der Waals surface area contributed by atoms with Gasteiger partial charge in [-0.2, -0.15) is 9.97 Å². The molecule has 2 heterocycles. The van der Waals surface area contributed by atoms with Gasteiger partial charge >= 0.3 is 0 Å². The van der Waals surface area contributed by atoms with Crippen molar-refractivity contribution in [2.75, 3.05) is 0 Å². The van der Waals surface area contributed by atoms with Gasteiger partial charge in [-0.05, 0) is 32.1 Å². The largest absolute Gasteiger partial charge is 0.493 e. The molecule has 0 bridgehead atoms. The lowest BCUT2D eigenvalue weighted by Gasteiger charge is -2.36. The van der Waals surface area contributed by atoms with Gasteiger partial charge in [-0.3, -0.25) is 4.79 Å². The lowest BCUT2D eigenvalue weighted by molar-refractivity contribution is -0.128. The van der Waals surface area contributed by atoms with Crippen LogP contribution in [0.2, 0.25) is 0 Å². The van der Waals surface area contributed by atoms with E-state index in [-0.39, 0.29) is 23.4 Å². The van der Waals surface area contributed by atoms with Gasteiger partial charge in [0.15, 0.2) is 17.3 Å². The first-order chi connectivity index (χ1) is 11.1. The Labute approximate surface area is 132 Å². The minimum Gasteiger partial charge on any atom is -0.493 e. The van der Waals surface area contributed by atoms with E-state index in [0.29, 0.717) is 17.9 Å². The fourth-order valence-electron chi connectivity index (χ4n) is 3.90. The van der Waals surface area contributed by atoms with Crippen LogP contribution in [-0.2, 0) is 16.6 Å². The van der Waals surface area contributed by atoms with Crippen molar-refractivity contribution in [2.24, 2.45) is 0 Å². The Morgan fingerprint density at radius 3 is 2.52 bits per heavy atom. The molecule has 23 heavy (non-hydrogen) atoms. The molecule has 2 aliphatic rings. The standard InChI is InChI=1S/C16H17N3O4/c20-10-5-1-2-6-16(10)7-3-4-9-13(19-23-14(9)16)15-17-11(21)8-12(22)18-15/h8H,1-7H2,(H2,17,18,21,22). The van der Waals surface area contributed by atoms with E-state index in [9.17, 15) is 15.0 Å². The summed E-state index contributed by atoms with van der Waals surface area (Å²) in [6, 6.07) is 1.06. The molecular weight excluding hydrogens is 298 g/mol. The van der Waals surface area contributed by atoms with Crippen molar-refractivity contribution in [1.29, 1.82) is 0 Å². The minimum absolute atomic E-state index is 0.118. The van der Waals surface area contributed by atoms with Gasteiger partial charge in [0.1, 0.15) is 5.78 Å². The van der Waals surface area contributed by atoms with Crippen molar-refractivity contribution in [2.45, 2.75) is 50.4 Å². The van der Waals surface area contributed by atoms with E-state index in [1.54, 1.807) is 0 Å². The fraction of sp³-hybridized carbons (Fsp3) is 0.500. The van der Waals surface area contributed by atoms with Gasteiger partial charge in [-0.15, -0.1) is 0 Å². The van der Waals surface area contributed by atoms with Crippen LogP contribution in [0.4, 0.5) is 0 Å². The molecule has 4 rings (SSSR count). The molecule has 2 N–H and O–H groups in total. The Morgan fingerprint density at radius 1 is 1.04 bits per heavy atom. The second kappa shape index (κ2) is 5.04. The van der Waals surface area contributed by atoms with Crippen LogP contribution in [-0.4, -0.2) is 31.1 Å². The number of carbonyl (C=O) groups is 1. The molecule has 1 unspecified atom stereocenters. The predicted octanol–water partition coefficient (Wildman–Crippen LogP) is 2.26. The first-order valence-corrected chi connectivity index (χ1v) is 7.90. The van der Waals surface area contributed by atoms with Crippen LogP contribution >= 0.6 is 0 Å². The first-order valence-electron chi connectivity index (χ1n) is 7.90. The molecular formula is C16H17N3O4. The quantitative estimate of drug-likeness (QED) is 0.830. The molecule has 1 atom stereocenters. The number of fused-ring (bicyclic) bond motifs is 2. The van der Waals surface area contributed by atoms with Gasteiger partial charge in [0.05, 0.1) is 11.5 Å². The van der Waals surface area contributed by atoms with Gasteiger partial charge in [-0.25, -0.2) is 0 Å². The molecule has 7 heteroatoms. The number of hydrogen-bond acceptors (Lipinski definition) is 7. The second-order valence-electron chi connectivity index (χ2n) is 6.31. The molecule has 0 saturated heterocycles. The first kappa shape index (κ1) is 14.2. The van der Waals surface area contributed by atoms with Gasteiger partial charge < -0.3 is 14.7 Å². The molecule has 0 amide bonds. The highest BCUT2D eigenvalue weighted by atomic mass is 16.5. The molecule has 1 fully saturated rings.